The Balaban J connectivity index is 1.41. The van der Waals surface area contributed by atoms with E-state index in [1.807, 2.05) is 55.1 Å². The van der Waals surface area contributed by atoms with E-state index in [-0.39, 0.29) is 11.5 Å². The third kappa shape index (κ3) is 4.25. The third-order valence-electron chi connectivity index (χ3n) is 5.37. The van der Waals surface area contributed by atoms with Gasteiger partial charge in [-0.1, -0.05) is 24.6 Å². The highest BCUT2D eigenvalue weighted by atomic mass is 16.2. The number of anilines is 1. The van der Waals surface area contributed by atoms with Crippen LogP contribution in [0, 0.1) is 6.92 Å². The van der Waals surface area contributed by atoms with Gasteiger partial charge in [0.2, 0.25) is 0 Å². The van der Waals surface area contributed by atoms with Gasteiger partial charge in [-0.15, -0.1) is 0 Å². The van der Waals surface area contributed by atoms with E-state index in [1.54, 1.807) is 6.20 Å². The summed E-state index contributed by atoms with van der Waals surface area (Å²) in [6, 6.07) is 13.1. The molecule has 1 fully saturated rings. The highest BCUT2D eigenvalue weighted by Crippen LogP contribution is 2.19. The summed E-state index contributed by atoms with van der Waals surface area (Å²) in [6.45, 7) is 6.75. The highest BCUT2D eigenvalue weighted by molar-refractivity contribution is 5.94. The molecule has 1 saturated heterocycles. The molecule has 2 aromatic heterocycles. The van der Waals surface area contributed by atoms with Crippen LogP contribution in [0.4, 0.5) is 5.82 Å². The van der Waals surface area contributed by atoms with Gasteiger partial charge in [0.1, 0.15) is 11.6 Å². The first kappa shape index (κ1) is 19.8. The summed E-state index contributed by atoms with van der Waals surface area (Å²) in [7, 11) is 0. The molecule has 0 aliphatic carbocycles. The Kier molecular flexibility index (Phi) is 5.61. The number of carbonyl (C=O) groups is 1. The molecule has 7 nitrogen and oxygen atoms in total. The zero-order chi connectivity index (χ0) is 21.1. The molecule has 0 saturated carbocycles. The van der Waals surface area contributed by atoms with Crippen LogP contribution in [0.15, 0.2) is 53.5 Å². The minimum absolute atomic E-state index is 0.0730. The number of hydrogen-bond acceptors (Lipinski definition) is 5. The molecule has 0 radical (unpaired) electrons. The number of aryl methyl sites for hydroxylation is 2. The first-order valence-corrected chi connectivity index (χ1v) is 10.2. The molecule has 1 N–H and O–H groups in total. The van der Waals surface area contributed by atoms with Crippen LogP contribution in [-0.2, 0) is 6.42 Å². The van der Waals surface area contributed by atoms with Gasteiger partial charge in [-0.3, -0.25) is 9.59 Å². The van der Waals surface area contributed by atoms with Crippen LogP contribution in [0.5, 0.6) is 0 Å². The summed E-state index contributed by atoms with van der Waals surface area (Å²) in [6.07, 6.45) is 2.44. The number of aromatic amines is 1. The van der Waals surface area contributed by atoms with Crippen molar-refractivity contribution >= 4 is 11.7 Å². The molecule has 0 bridgehead atoms. The van der Waals surface area contributed by atoms with Crippen molar-refractivity contribution in [1.29, 1.82) is 0 Å². The molecule has 3 aromatic rings. The van der Waals surface area contributed by atoms with E-state index >= 15 is 0 Å². The number of amides is 1. The minimum Gasteiger partial charge on any atom is -0.353 e. The molecule has 1 aromatic carbocycles. The second-order valence-electron chi connectivity index (χ2n) is 7.49. The average molecular weight is 403 g/mol. The predicted octanol–water partition coefficient (Wildman–Crippen LogP) is 2.67. The third-order valence-corrected chi connectivity index (χ3v) is 5.37. The van der Waals surface area contributed by atoms with Gasteiger partial charge in [-0.25, -0.2) is 9.97 Å². The number of piperazine rings is 1. The molecule has 1 amide bonds. The van der Waals surface area contributed by atoms with E-state index in [9.17, 15) is 9.59 Å². The van der Waals surface area contributed by atoms with Crippen LogP contribution >= 0.6 is 0 Å². The number of aromatic nitrogens is 3. The number of nitrogens with one attached hydrogen (secondary N) is 1. The quantitative estimate of drug-likeness (QED) is 0.724. The molecule has 4 rings (SSSR count). The van der Waals surface area contributed by atoms with E-state index in [0.29, 0.717) is 25.3 Å². The molecular weight excluding hydrogens is 378 g/mol. The van der Waals surface area contributed by atoms with Gasteiger partial charge < -0.3 is 14.8 Å². The van der Waals surface area contributed by atoms with Crippen molar-refractivity contribution in [2.24, 2.45) is 0 Å². The Hall–Kier alpha value is -3.48. The fraction of sp³-hybridized carbons (Fsp3) is 0.304. The molecule has 0 unspecified atom stereocenters. The number of hydrogen-bond donors (Lipinski definition) is 1. The molecule has 0 atom stereocenters. The van der Waals surface area contributed by atoms with Crippen molar-refractivity contribution in [2.45, 2.75) is 20.3 Å². The maximum Gasteiger partial charge on any atom is 0.253 e. The number of benzene rings is 1. The number of pyridine rings is 1. The van der Waals surface area contributed by atoms with Crippen molar-refractivity contribution in [3.63, 3.8) is 0 Å². The van der Waals surface area contributed by atoms with Crippen LogP contribution < -0.4 is 10.5 Å². The van der Waals surface area contributed by atoms with Crippen LogP contribution in [0.1, 0.15) is 28.5 Å². The topological polar surface area (TPSA) is 82.2 Å². The zero-order valence-electron chi connectivity index (χ0n) is 17.3. The standard InChI is InChI=1S/C23H25N5O2/c1-3-19-14-21(29)26-22(25-19)18-8-9-20(24-15-18)27-10-12-28(13-11-27)23(30)17-6-4-16(2)5-7-17/h4-9,14-15H,3,10-13H2,1-2H3,(H,25,26,29). The van der Waals surface area contributed by atoms with Crippen molar-refractivity contribution in [3.8, 4) is 11.4 Å². The van der Waals surface area contributed by atoms with Crippen molar-refractivity contribution in [2.75, 3.05) is 31.1 Å². The molecular formula is C23H25N5O2. The van der Waals surface area contributed by atoms with E-state index in [1.165, 1.54) is 6.07 Å². The second kappa shape index (κ2) is 8.49. The van der Waals surface area contributed by atoms with Crippen molar-refractivity contribution < 1.29 is 4.79 Å². The molecule has 1 aliphatic rings. The van der Waals surface area contributed by atoms with Crippen LogP contribution in [0.3, 0.4) is 0 Å². The molecule has 30 heavy (non-hydrogen) atoms. The van der Waals surface area contributed by atoms with Gasteiger partial charge in [0, 0.05) is 55.3 Å². The molecule has 7 heteroatoms. The fourth-order valence-electron chi connectivity index (χ4n) is 3.56. The average Bonchev–Trinajstić information content (AvgIpc) is 2.79. The first-order valence-electron chi connectivity index (χ1n) is 10.2. The molecule has 3 heterocycles. The Morgan fingerprint density at radius 1 is 1.07 bits per heavy atom. The minimum atomic E-state index is -0.157. The lowest BCUT2D eigenvalue weighted by Gasteiger charge is -2.35. The van der Waals surface area contributed by atoms with Crippen molar-refractivity contribution in [3.05, 3.63) is 75.8 Å². The van der Waals surface area contributed by atoms with E-state index in [2.05, 4.69) is 19.9 Å². The normalized spacial score (nSPS) is 14.1. The summed E-state index contributed by atoms with van der Waals surface area (Å²) >= 11 is 0. The number of carbonyl (C=O) groups excluding carboxylic acids is 1. The SMILES string of the molecule is CCc1cc(=O)[nH]c(-c2ccc(N3CCN(C(=O)c4ccc(C)cc4)CC3)nc2)n1. The van der Waals surface area contributed by atoms with Gasteiger partial charge in [0.25, 0.3) is 11.5 Å². The van der Waals surface area contributed by atoms with Gasteiger partial charge in [-0.2, -0.15) is 0 Å². The van der Waals surface area contributed by atoms with E-state index in [0.717, 1.165) is 41.3 Å². The summed E-state index contributed by atoms with van der Waals surface area (Å²) in [5.41, 5.74) is 3.25. The monoisotopic (exact) mass is 403 g/mol. The Bertz CT molecular complexity index is 1080. The Labute approximate surface area is 175 Å². The lowest BCUT2D eigenvalue weighted by atomic mass is 10.1. The number of nitrogens with zero attached hydrogens (tertiary/aromatic N) is 4. The van der Waals surface area contributed by atoms with E-state index in [4.69, 9.17) is 0 Å². The van der Waals surface area contributed by atoms with Crippen LogP contribution in [-0.4, -0.2) is 51.9 Å². The number of rotatable bonds is 4. The van der Waals surface area contributed by atoms with Crippen LogP contribution in [0.2, 0.25) is 0 Å². The van der Waals surface area contributed by atoms with Gasteiger partial charge in [0.05, 0.1) is 0 Å². The van der Waals surface area contributed by atoms with Gasteiger partial charge >= 0.3 is 0 Å². The van der Waals surface area contributed by atoms with E-state index < -0.39 is 0 Å². The second-order valence-corrected chi connectivity index (χ2v) is 7.49. The fourth-order valence-corrected chi connectivity index (χ4v) is 3.56. The summed E-state index contributed by atoms with van der Waals surface area (Å²) in [4.78, 5) is 40.4. The largest absolute Gasteiger partial charge is 0.353 e. The summed E-state index contributed by atoms with van der Waals surface area (Å²) < 4.78 is 0. The molecule has 154 valence electrons. The number of H-pyrrole nitrogens is 1. The first-order chi connectivity index (χ1) is 14.5. The van der Waals surface area contributed by atoms with Gasteiger partial charge in [0.15, 0.2) is 0 Å². The maximum absolute atomic E-state index is 12.7. The lowest BCUT2D eigenvalue weighted by molar-refractivity contribution is 0.0746. The Morgan fingerprint density at radius 2 is 1.80 bits per heavy atom. The molecule has 1 aliphatic heterocycles. The zero-order valence-corrected chi connectivity index (χ0v) is 17.3. The smallest absolute Gasteiger partial charge is 0.253 e. The highest BCUT2D eigenvalue weighted by Gasteiger charge is 2.22. The van der Waals surface area contributed by atoms with Crippen molar-refractivity contribution in [1.82, 2.24) is 19.9 Å². The summed E-state index contributed by atoms with van der Waals surface area (Å²) in [5.74, 6) is 1.46. The van der Waals surface area contributed by atoms with Gasteiger partial charge in [-0.05, 0) is 37.6 Å². The lowest BCUT2D eigenvalue weighted by Crippen LogP contribution is -2.49. The van der Waals surface area contributed by atoms with Crippen LogP contribution in [0.25, 0.3) is 11.4 Å². The Morgan fingerprint density at radius 3 is 2.43 bits per heavy atom. The molecule has 0 spiro atoms. The predicted molar refractivity (Wildman–Crippen MR) is 117 cm³/mol. The maximum atomic E-state index is 12.7. The summed E-state index contributed by atoms with van der Waals surface area (Å²) in [5, 5.41) is 0.